The highest BCUT2D eigenvalue weighted by atomic mass is 32.2. The van der Waals surface area contributed by atoms with Crippen molar-refractivity contribution in [1.82, 2.24) is 9.62 Å². The van der Waals surface area contributed by atoms with Crippen LogP contribution in [0.15, 0.2) is 48.5 Å². The van der Waals surface area contributed by atoms with E-state index in [4.69, 9.17) is 0 Å². The van der Waals surface area contributed by atoms with Gasteiger partial charge in [-0.25, -0.2) is 17.9 Å². The van der Waals surface area contributed by atoms with Crippen molar-refractivity contribution >= 4 is 16.1 Å². The van der Waals surface area contributed by atoms with Gasteiger partial charge in [0.25, 0.3) is 0 Å². The Labute approximate surface area is 202 Å². The van der Waals surface area contributed by atoms with E-state index in [0.717, 1.165) is 29.5 Å². The first-order chi connectivity index (χ1) is 16.0. The molecule has 0 aromatic heterocycles. The molecule has 1 aliphatic rings. The molecule has 2 atom stereocenters. The topological polar surface area (TPSA) is 86.7 Å². The van der Waals surface area contributed by atoms with Crippen LogP contribution in [0.2, 0.25) is 0 Å². The Morgan fingerprint density at radius 1 is 1.15 bits per heavy atom. The van der Waals surface area contributed by atoms with Gasteiger partial charge < -0.3 is 5.11 Å². The van der Waals surface area contributed by atoms with Crippen LogP contribution in [0, 0.1) is 0 Å². The molecule has 0 aliphatic heterocycles. The zero-order valence-electron chi connectivity index (χ0n) is 20.1. The zero-order chi connectivity index (χ0) is 24.9. The summed E-state index contributed by atoms with van der Waals surface area (Å²) in [6.45, 7) is 5.19. The SMILES string of the molecule is CC(C)(C)N(C(=O)O)C1CCc2ccc(CNS(=O)(=O)CCCF)cc2C1Cc1ccccc1. The molecule has 8 heteroatoms. The van der Waals surface area contributed by atoms with Crippen LogP contribution in [-0.2, 0) is 29.4 Å². The number of aryl methyl sites for hydroxylation is 1. The number of carboxylic acid groups (broad SMARTS) is 1. The van der Waals surface area contributed by atoms with Crippen molar-refractivity contribution in [3.05, 3.63) is 70.8 Å². The summed E-state index contributed by atoms with van der Waals surface area (Å²) in [5, 5.41) is 10.1. The lowest BCUT2D eigenvalue weighted by molar-refractivity contribution is 0.0545. The summed E-state index contributed by atoms with van der Waals surface area (Å²) in [5.41, 5.74) is 3.60. The van der Waals surface area contributed by atoms with Gasteiger partial charge in [0, 0.05) is 24.0 Å². The van der Waals surface area contributed by atoms with Crippen LogP contribution >= 0.6 is 0 Å². The van der Waals surface area contributed by atoms with E-state index in [1.54, 1.807) is 4.90 Å². The fraction of sp³-hybridized carbons (Fsp3) is 0.500. The normalized spacial score (nSPS) is 18.4. The number of nitrogens with zero attached hydrogens (tertiary/aromatic N) is 1. The summed E-state index contributed by atoms with van der Waals surface area (Å²) < 4.78 is 39.2. The third-order valence-corrected chi connectivity index (χ3v) is 7.80. The van der Waals surface area contributed by atoms with Crippen LogP contribution in [0.3, 0.4) is 0 Å². The van der Waals surface area contributed by atoms with Gasteiger partial charge in [-0.05, 0) is 68.7 Å². The number of amides is 1. The Morgan fingerprint density at radius 2 is 1.85 bits per heavy atom. The van der Waals surface area contributed by atoms with Gasteiger partial charge in [-0.15, -0.1) is 0 Å². The average Bonchev–Trinajstić information content (AvgIpc) is 2.77. The summed E-state index contributed by atoms with van der Waals surface area (Å²) >= 11 is 0. The van der Waals surface area contributed by atoms with Crippen molar-refractivity contribution < 1.29 is 22.7 Å². The second-order valence-electron chi connectivity index (χ2n) is 9.94. The van der Waals surface area contributed by atoms with Gasteiger partial charge in [-0.1, -0.05) is 48.5 Å². The molecule has 2 unspecified atom stereocenters. The molecule has 2 N–H and O–H groups in total. The number of hydrogen-bond donors (Lipinski definition) is 2. The molecule has 0 fully saturated rings. The average molecular weight is 491 g/mol. The van der Waals surface area contributed by atoms with Crippen LogP contribution in [0.1, 0.15) is 61.8 Å². The Bertz CT molecular complexity index is 1080. The Hall–Kier alpha value is -2.45. The molecular formula is C26H35FN2O4S. The molecule has 0 saturated carbocycles. The maximum absolute atomic E-state index is 12.4. The lowest BCUT2D eigenvalue weighted by Gasteiger charge is -2.46. The first-order valence-electron chi connectivity index (χ1n) is 11.7. The van der Waals surface area contributed by atoms with Crippen molar-refractivity contribution in [3.63, 3.8) is 0 Å². The van der Waals surface area contributed by atoms with Gasteiger partial charge in [0.05, 0.1) is 12.4 Å². The summed E-state index contributed by atoms with van der Waals surface area (Å²) in [7, 11) is -3.56. The summed E-state index contributed by atoms with van der Waals surface area (Å²) in [5.74, 6) is -0.309. The van der Waals surface area contributed by atoms with Crippen LogP contribution in [0.5, 0.6) is 0 Å². The molecule has 0 heterocycles. The number of alkyl halides is 1. The minimum absolute atomic E-state index is 0.0296. The molecule has 0 radical (unpaired) electrons. The smallest absolute Gasteiger partial charge is 0.408 e. The maximum Gasteiger partial charge on any atom is 0.408 e. The van der Waals surface area contributed by atoms with E-state index in [1.807, 2.05) is 57.2 Å². The molecule has 2 aromatic rings. The van der Waals surface area contributed by atoms with Crippen molar-refractivity contribution in [1.29, 1.82) is 0 Å². The number of fused-ring (bicyclic) bond motifs is 1. The fourth-order valence-corrected chi connectivity index (χ4v) is 5.92. The Kier molecular flexibility index (Phi) is 8.36. The minimum atomic E-state index is -3.56. The van der Waals surface area contributed by atoms with E-state index >= 15 is 0 Å². The maximum atomic E-state index is 12.4. The van der Waals surface area contributed by atoms with Gasteiger partial charge in [0.1, 0.15) is 0 Å². The minimum Gasteiger partial charge on any atom is -0.465 e. The van der Waals surface area contributed by atoms with Gasteiger partial charge >= 0.3 is 6.09 Å². The molecule has 2 aromatic carbocycles. The van der Waals surface area contributed by atoms with E-state index < -0.39 is 28.3 Å². The molecular weight excluding hydrogens is 455 g/mol. The number of sulfonamides is 1. The molecule has 0 bridgehead atoms. The summed E-state index contributed by atoms with van der Waals surface area (Å²) in [6.07, 6.45) is 1.20. The van der Waals surface area contributed by atoms with Crippen LogP contribution in [0.25, 0.3) is 0 Å². The van der Waals surface area contributed by atoms with E-state index in [2.05, 4.69) is 16.9 Å². The van der Waals surface area contributed by atoms with Crippen LogP contribution in [-0.4, -0.2) is 48.5 Å². The molecule has 0 saturated heterocycles. The number of rotatable bonds is 9. The van der Waals surface area contributed by atoms with Gasteiger partial charge in [-0.3, -0.25) is 9.29 Å². The van der Waals surface area contributed by atoms with Crippen molar-refractivity contribution in [2.24, 2.45) is 0 Å². The molecule has 186 valence electrons. The number of hydrogen-bond acceptors (Lipinski definition) is 3. The number of benzene rings is 2. The second-order valence-corrected chi connectivity index (χ2v) is 11.9. The third-order valence-electron chi connectivity index (χ3n) is 6.39. The molecule has 3 rings (SSSR count). The fourth-order valence-electron chi connectivity index (χ4n) is 4.90. The highest BCUT2D eigenvalue weighted by Gasteiger charge is 2.40. The van der Waals surface area contributed by atoms with Gasteiger partial charge in [0.15, 0.2) is 0 Å². The number of nitrogens with one attached hydrogen (secondary N) is 1. The number of carbonyl (C=O) groups is 1. The quantitative estimate of drug-likeness (QED) is 0.524. The predicted molar refractivity (Wildman–Crippen MR) is 132 cm³/mol. The summed E-state index contributed by atoms with van der Waals surface area (Å²) in [4.78, 5) is 13.9. The zero-order valence-corrected chi connectivity index (χ0v) is 20.9. The first kappa shape index (κ1) is 26.2. The summed E-state index contributed by atoms with van der Waals surface area (Å²) in [6, 6.07) is 15.8. The molecule has 6 nitrogen and oxygen atoms in total. The van der Waals surface area contributed by atoms with E-state index in [1.165, 1.54) is 5.56 Å². The Balaban J connectivity index is 1.96. The van der Waals surface area contributed by atoms with Crippen molar-refractivity contribution in [2.45, 2.75) is 70.5 Å². The largest absolute Gasteiger partial charge is 0.465 e. The van der Waals surface area contributed by atoms with Gasteiger partial charge in [-0.2, -0.15) is 0 Å². The third kappa shape index (κ3) is 6.57. The van der Waals surface area contributed by atoms with Crippen molar-refractivity contribution in [2.75, 3.05) is 12.4 Å². The lowest BCUT2D eigenvalue weighted by Crippen LogP contribution is -2.54. The monoisotopic (exact) mass is 490 g/mol. The predicted octanol–water partition coefficient (Wildman–Crippen LogP) is 4.89. The van der Waals surface area contributed by atoms with Gasteiger partial charge in [0.2, 0.25) is 10.0 Å². The van der Waals surface area contributed by atoms with Crippen LogP contribution in [0.4, 0.5) is 9.18 Å². The highest BCUT2D eigenvalue weighted by molar-refractivity contribution is 7.89. The van der Waals surface area contributed by atoms with Crippen LogP contribution < -0.4 is 4.72 Å². The van der Waals surface area contributed by atoms with E-state index in [-0.39, 0.29) is 30.7 Å². The molecule has 1 aliphatic carbocycles. The standard InChI is InChI=1S/C26H35FN2O4S/c1-26(2,3)29(25(30)31)24-13-12-21-11-10-20(18-28-34(32,33)15-7-14-27)17-22(21)23(24)16-19-8-5-4-6-9-19/h4-6,8-11,17,23-24,28H,7,12-16,18H2,1-3H3,(H,30,31). The van der Waals surface area contributed by atoms with E-state index in [9.17, 15) is 22.7 Å². The Morgan fingerprint density at radius 3 is 2.47 bits per heavy atom. The van der Waals surface area contributed by atoms with Crippen molar-refractivity contribution in [3.8, 4) is 0 Å². The highest BCUT2D eigenvalue weighted by Crippen LogP contribution is 2.40. The molecule has 1 amide bonds. The molecule has 0 spiro atoms. The first-order valence-corrected chi connectivity index (χ1v) is 13.4. The molecule has 34 heavy (non-hydrogen) atoms. The van der Waals surface area contributed by atoms with E-state index in [0.29, 0.717) is 6.42 Å². The lowest BCUT2D eigenvalue weighted by atomic mass is 9.74. The second kappa shape index (κ2) is 10.9. The number of halogens is 1.